The lowest BCUT2D eigenvalue weighted by Gasteiger charge is -2.18. The molecule has 1 aliphatic rings. The molecule has 150 valence electrons. The summed E-state index contributed by atoms with van der Waals surface area (Å²) < 4.78 is 10.6. The number of anilines is 1. The van der Waals surface area contributed by atoms with Crippen LogP contribution >= 0.6 is 0 Å². The molecule has 1 aliphatic heterocycles. The van der Waals surface area contributed by atoms with Gasteiger partial charge in [-0.3, -0.25) is 4.79 Å². The smallest absolute Gasteiger partial charge is 0.251 e. The summed E-state index contributed by atoms with van der Waals surface area (Å²) in [6, 6.07) is 11.2. The summed E-state index contributed by atoms with van der Waals surface area (Å²) in [5.74, 6) is 2.06. The van der Waals surface area contributed by atoms with E-state index in [0.29, 0.717) is 23.6 Å². The van der Waals surface area contributed by atoms with E-state index in [4.69, 9.17) is 9.47 Å². The van der Waals surface area contributed by atoms with Crippen molar-refractivity contribution >= 4 is 22.6 Å². The second kappa shape index (κ2) is 8.34. The average molecular weight is 392 g/mol. The molecule has 0 spiro atoms. The van der Waals surface area contributed by atoms with Gasteiger partial charge in [-0.1, -0.05) is 6.07 Å². The minimum absolute atomic E-state index is 0.141. The Morgan fingerprint density at radius 1 is 1.03 bits per heavy atom. The van der Waals surface area contributed by atoms with Gasteiger partial charge >= 0.3 is 0 Å². The standard InChI is InChI=1S/C22H24N4O3/c1-28-19-8-5-15(11-20(19)29-2)13-23-22(27)16-6-7-18-17(12-16)21(25-14-24-18)26-9-3-4-10-26/h5-8,11-12,14H,3-4,9-10,13H2,1-2H3,(H,23,27). The molecule has 4 rings (SSSR count). The van der Waals surface area contributed by atoms with E-state index in [1.165, 1.54) is 0 Å². The van der Waals surface area contributed by atoms with Crippen LogP contribution in [0.3, 0.4) is 0 Å². The first-order valence-corrected chi connectivity index (χ1v) is 9.68. The fraction of sp³-hybridized carbons (Fsp3) is 0.318. The zero-order valence-corrected chi connectivity index (χ0v) is 16.6. The maximum atomic E-state index is 12.8. The van der Waals surface area contributed by atoms with Crippen molar-refractivity contribution in [2.45, 2.75) is 19.4 Å². The van der Waals surface area contributed by atoms with Crippen molar-refractivity contribution in [3.05, 3.63) is 53.9 Å². The van der Waals surface area contributed by atoms with Crippen LogP contribution in [-0.2, 0) is 6.54 Å². The third kappa shape index (κ3) is 3.94. The van der Waals surface area contributed by atoms with Crippen LogP contribution < -0.4 is 19.7 Å². The van der Waals surface area contributed by atoms with E-state index >= 15 is 0 Å². The third-order valence-electron chi connectivity index (χ3n) is 5.18. The Hall–Kier alpha value is -3.35. The van der Waals surface area contributed by atoms with Gasteiger partial charge in [0.15, 0.2) is 11.5 Å². The third-order valence-corrected chi connectivity index (χ3v) is 5.18. The molecule has 3 aromatic rings. The van der Waals surface area contributed by atoms with E-state index in [1.54, 1.807) is 26.6 Å². The van der Waals surface area contributed by atoms with Gasteiger partial charge in [-0.2, -0.15) is 0 Å². The first-order valence-electron chi connectivity index (χ1n) is 9.68. The van der Waals surface area contributed by atoms with E-state index < -0.39 is 0 Å². The lowest BCUT2D eigenvalue weighted by atomic mass is 10.1. The van der Waals surface area contributed by atoms with E-state index in [-0.39, 0.29) is 5.91 Å². The highest BCUT2D eigenvalue weighted by Gasteiger charge is 2.18. The number of ether oxygens (including phenoxy) is 2. The van der Waals surface area contributed by atoms with Crippen LogP contribution in [0, 0.1) is 0 Å². The molecule has 0 unspecified atom stereocenters. The summed E-state index contributed by atoms with van der Waals surface area (Å²) in [5.41, 5.74) is 2.37. The van der Waals surface area contributed by atoms with Gasteiger partial charge < -0.3 is 19.7 Å². The van der Waals surface area contributed by atoms with Gasteiger partial charge in [0.05, 0.1) is 19.7 Å². The number of carbonyl (C=O) groups excluding carboxylic acids is 1. The summed E-state index contributed by atoms with van der Waals surface area (Å²) in [5, 5.41) is 3.88. The summed E-state index contributed by atoms with van der Waals surface area (Å²) >= 11 is 0. The van der Waals surface area contributed by atoms with Gasteiger partial charge in [-0.25, -0.2) is 9.97 Å². The Labute approximate surface area is 169 Å². The first-order chi connectivity index (χ1) is 14.2. The summed E-state index contributed by atoms with van der Waals surface area (Å²) in [6.07, 6.45) is 3.92. The molecule has 1 fully saturated rings. The highest BCUT2D eigenvalue weighted by Crippen LogP contribution is 2.28. The quantitative estimate of drug-likeness (QED) is 0.694. The topological polar surface area (TPSA) is 76.6 Å². The molecule has 1 amide bonds. The highest BCUT2D eigenvalue weighted by molar-refractivity contribution is 6.00. The summed E-state index contributed by atoms with van der Waals surface area (Å²) in [4.78, 5) is 23.8. The lowest BCUT2D eigenvalue weighted by molar-refractivity contribution is 0.0951. The Balaban J connectivity index is 1.53. The molecule has 0 bridgehead atoms. The van der Waals surface area contributed by atoms with Gasteiger partial charge in [-0.05, 0) is 48.7 Å². The van der Waals surface area contributed by atoms with Gasteiger partial charge in [-0.15, -0.1) is 0 Å². The van der Waals surface area contributed by atoms with Gasteiger partial charge in [0.25, 0.3) is 5.91 Å². The zero-order chi connectivity index (χ0) is 20.2. The Morgan fingerprint density at radius 2 is 1.83 bits per heavy atom. The fourth-order valence-electron chi connectivity index (χ4n) is 3.64. The number of carbonyl (C=O) groups is 1. The molecule has 29 heavy (non-hydrogen) atoms. The van der Waals surface area contributed by atoms with Crippen LogP contribution in [0.25, 0.3) is 10.9 Å². The predicted molar refractivity (Wildman–Crippen MR) is 112 cm³/mol. The maximum Gasteiger partial charge on any atom is 0.251 e. The fourth-order valence-corrected chi connectivity index (χ4v) is 3.64. The van der Waals surface area contributed by atoms with E-state index in [2.05, 4.69) is 20.2 Å². The minimum atomic E-state index is -0.141. The number of hydrogen-bond donors (Lipinski definition) is 1. The minimum Gasteiger partial charge on any atom is -0.493 e. The largest absolute Gasteiger partial charge is 0.493 e. The van der Waals surface area contributed by atoms with Crippen molar-refractivity contribution < 1.29 is 14.3 Å². The van der Waals surface area contributed by atoms with Crippen molar-refractivity contribution in [2.75, 3.05) is 32.2 Å². The normalized spacial score (nSPS) is 13.5. The molecule has 7 heteroatoms. The first kappa shape index (κ1) is 19.0. The molecule has 2 aromatic carbocycles. The molecular formula is C22H24N4O3. The summed E-state index contributed by atoms with van der Waals surface area (Å²) in [7, 11) is 3.19. The van der Waals surface area contributed by atoms with Crippen molar-refractivity contribution in [1.82, 2.24) is 15.3 Å². The van der Waals surface area contributed by atoms with Crippen molar-refractivity contribution in [1.29, 1.82) is 0 Å². The maximum absolute atomic E-state index is 12.8. The molecule has 1 aromatic heterocycles. The number of amides is 1. The molecule has 0 atom stereocenters. The number of methoxy groups -OCH3 is 2. The van der Waals surface area contributed by atoms with E-state index in [0.717, 1.165) is 48.2 Å². The van der Waals surface area contributed by atoms with E-state index in [9.17, 15) is 4.79 Å². The number of benzene rings is 2. The lowest BCUT2D eigenvalue weighted by Crippen LogP contribution is -2.23. The number of rotatable bonds is 6. The van der Waals surface area contributed by atoms with Crippen LogP contribution in [0.1, 0.15) is 28.8 Å². The Kier molecular flexibility index (Phi) is 5.46. The molecular weight excluding hydrogens is 368 g/mol. The molecule has 1 N–H and O–H groups in total. The monoisotopic (exact) mass is 392 g/mol. The molecule has 7 nitrogen and oxygen atoms in total. The molecule has 1 saturated heterocycles. The molecule has 0 radical (unpaired) electrons. The van der Waals surface area contributed by atoms with Crippen molar-refractivity contribution in [2.24, 2.45) is 0 Å². The van der Waals surface area contributed by atoms with Crippen molar-refractivity contribution in [3.8, 4) is 11.5 Å². The van der Waals surface area contributed by atoms with Crippen LogP contribution in [-0.4, -0.2) is 43.2 Å². The van der Waals surface area contributed by atoms with E-state index in [1.807, 2.05) is 30.3 Å². The van der Waals surface area contributed by atoms with Crippen molar-refractivity contribution in [3.63, 3.8) is 0 Å². The van der Waals surface area contributed by atoms with Gasteiger partial charge in [0, 0.05) is 30.6 Å². The van der Waals surface area contributed by atoms with Crippen LogP contribution in [0.4, 0.5) is 5.82 Å². The number of hydrogen-bond acceptors (Lipinski definition) is 6. The number of fused-ring (bicyclic) bond motifs is 1. The number of nitrogens with one attached hydrogen (secondary N) is 1. The Morgan fingerprint density at radius 3 is 2.59 bits per heavy atom. The number of aromatic nitrogens is 2. The average Bonchev–Trinajstić information content (AvgIpc) is 3.31. The van der Waals surface area contributed by atoms with Crippen LogP contribution in [0.5, 0.6) is 11.5 Å². The van der Waals surface area contributed by atoms with Gasteiger partial charge in [0.1, 0.15) is 12.1 Å². The predicted octanol–water partition coefficient (Wildman–Crippen LogP) is 3.18. The highest BCUT2D eigenvalue weighted by atomic mass is 16.5. The second-order valence-corrected chi connectivity index (χ2v) is 7.00. The van der Waals surface area contributed by atoms with Crippen LogP contribution in [0.2, 0.25) is 0 Å². The molecule has 2 heterocycles. The zero-order valence-electron chi connectivity index (χ0n) is 16.6. The molecule has 0 saturated carbocycles. The SMILES string of the molecule is COc1ccc(CNC(=O)c2ccc3ncnc(N4CCCC4)c3c2)cc1OC. The molecule has 0 aliphatic carbocycles. The van der Waals surface area contributed by atoms with Gasteiger partial charge in [0.2, 0.25) is 0 Å². The summed E-state index contributed by atoms with van der Waals surface area (Å²) in [6.45, 7) is 2.37. The van der Waals surface area contributed by atoms with Crippen LogP contribution in [0.15, 0.2) is 42.7 Å². The number of nitrogens with zero attached hydrogens (tertiary/aromatic N) is 3. The second-order valence-electron chi connectivity index (χ2n) is 7.00. The Bertz CT molecular complexity index is 1030.